The molecule has 0 atom stereocenters. The van der Waals surface area contributed by atoms with Gasteiger partial charge in [0.1, 0.15) is 3.57 Å². The summed E-state index contributed by atoms with van der Waals surface area (Å²) >= 11 is 1.62. The maximum atomic E-state index is 13.3. The molecular weight excluding hydrogens is 340 g/mol. The van der Waals surface area contributed by atoms with Crippen LogP contribution in [0.15, 0.2) is 23.0 Å². The molecule has 4 nitrogen and oxygen atoms in total. The highest BCUT2D eigenvalue weighted by molar-refractivity contribution is 14.1. The number of carbonyl (C=O) groups excluding carboxylic acids is 1. The molecule has 1 heterocycles. The number of ether oxygens (including phenoxy) is 1. The summed E-state index contributed by atoms with van der Waals surface area (Å²) in [5.41, 5.74) is 0.163. The summed E-state index contributed by atoms with van der Waals surface area (Å²) in [6.07, 6.45) is 0. The van der Waals surface area contributed by atoms with Crippen LogP contribution in [0.1, 0.15) is 10.4 Å². The number of H-pyrrole nitrogens is 1. The molecule has 0 saturated heterocycles. The van der Waals surface area contributed by atoms with E-state index in [1.807, 2.05) is 0 Å². The van der Waals surface area contributed by atoms with E-state index >= 15 is 0 Å². The third kappa shape index (κ3) is 2.04. The van der Waals surface area contributed by atoms with Gasteiger partial charge in [-0.25, -0.2) is 4.79 Å². The Hall–Kier alpha value is -1.44. The minimum absolute atomic E-state index is 0.0304. The molecule has 0 bridgehead atoms. The summed E-state index contributed by atoms with van der Waals surface area (Å²) < 4.78 is 17.8. The lowest BCUT2D eigenvalue weighted by Gasteiger charge is -2.03. The van der Waals surface area contributed by atoms with Gasteiger partial charge in [0.25, 0.3) is 0 Å². The van der Waals surface area contributed by atoms with Crippen LogP contribution in [-0.4, -0.2) is 18.1 Å². The molecule has 2 aromatic rings. The van der Waals surface area contributed by atoms with E-state index in [4.69, 9.17) is 0 Å². The molecule has 0 spiro atoms. The molecule has 0 radical (unpaired) electrons. The van der Waals surface area contributed by atoms with Gasteiger partial charge in [0.05, 0.1) is 18.2 Å². The van der Waals surface area contributed by atoms with Gasteiger partial charge in [-0.1, -0.05) is 0 Å². The van der Waals surface area contributed by atoms with Crippen LogP contribution in [0.2, 0.25) is 0 Å². The van der Waals surface area contributed by atoms with Crippen LogP contribution in [0.4, 0.5) is 4.39 Å². The van der Waals surface area contributed by atoms with Crippen LogP contribution in [0, 0.1) is 9.52 Å². The maximum Gasteiger partial charge on any atom is 0.337 e. The number of methoxy groups -OCH3 is 1. The van der Waals surface area contributed by atoms with Crippen molar-refractivity contribution in [2.45, 2.75) is 0 Å². The first-order chi connectivity index (χ1) is 8.04. The maximum absolute atomic E-state index is 13.3. The van der Waals surface area contributed by atoms with Crippen molar-refractivity contribution < 1.29 is 13.9 Å². The SMILES string of the molecule is COC(=O)c1ccc2[nH]c(F)c(I)c(=O)c2c1. The van der Waals surface area contributed by atoms with Crippen molar-refractivity contribution in [3.63, 3.8) is 0 Å². The predicted molar refractivity (Wildman–Crippen MR) is 68.6 cm³/mol. The lowest BCUT2D eigenvalue weighted by molar-refractivity contribution is 0.0601. The van der Waals surface area contributed by atoms with Crippen molar-refractivity contribution in [2.24, 2.45) is 0 Å². The fourth-order valence-corrected chi connectivity index (χ4v) is 1.90. The number of aromatic nitrogens is 1. The molecular formula is C11H7FINO3. The average molecular weight is 347 g/mol. The third-order valence-electron chi connectivity index (χ3n) is 2.32. The Bertz CT molecular complexity index is 666. The summed E-state index contributed by atoms with van der Waals surface area (Å²) in [7, 11) is 1.26. The molecule has 0 fully saturated rings. The summed E-state index contributed by atoms with van der Waals surface area (Å²) in [5.74, 6) is -1.21. The van der Waals surface area contributed by atoms with Gasteiger partial charge in [-0.2, -0.15) is 4.39 Å². The second-order valence-corrected chi connectivity index (χ2v) is 4.41. The molecule has 88 valence electrons. The second kappa shape index (κ2) is 4.44. The molecule has 0 saturated carbocycles. The molecule has 0 amide bonds. The summed E-state index contributed by atoms with van der Waals surface area (Å²) in [4.78, 5) is 25.6. The van der Waals surface area contributed by atoms with Crippen molar-refractivity contribution >= 4 is 39.5 Å². The van der Waals surface area contributed by atoms with Crippen molar-refractivity contribution in [1.82, 2.24) is 4.98 Å². The number of rotatable bonds is 1. The quantitative estimate of drug-likeness (QED) is 0.488. The molecule has 0 aliphatic carbocycles. The Morgan fingerprint density at radius 3 is 2.82 bits per heavy atom. The molecule has 1 aromatic carbocycles. The number of fused-ring (bicyclic) bond motifs is 1. The van der Waals surface area contributed by atoms with Gasteiger partial charge in [-0.15, -0.1) is 0 Å². The lowest BCUT2D eigenvalue weighted by atomic mass is 10.1. The zero-order chi connectivity index (χ0) is 12.6. The second-order valence-electron chi connectivity index (χ2n) is 3.33. The van der Waals surface area contributed by atoms with E-state index in [0.717, 1.165) is 0 Å². The fraction of sp³-hybridized carbons (Fsp3) is 0.0909. The fourth-order valence-electron chi connectivity index (χ4n) is 1.48. The first-order valence-corrected chi connectivity index (χ1v) is 5.72. The zero-order valence-electron chi connectivity index (χ0n) is 8.71. The first kappa shape index (κ1) is 12.0. The summed E-state index contributed by atoms with van der Waals surface area (Å²) in [5, 5.41) is 0.263. The number of pyridine rings is 1. The van der Waals surface area contributed by atoms with Crippen LogP contribution < -0.4 is 5.43 Å². The average Bonchev–Trinajstić information content (AvgIpc) is 2.35. The van der Waals surface area contributed by atoms with E-state index in [9.17, 15) is 14.0 Å². The number of nitrogens with one attached hydrogen (secondary N) is 1. The van der Waals surface area contributed by atoms with Gasteiger partial charge < -0.3 is 9.72 Å². The molecule has 1 N–H and O–H groups in total. The zero-order valence-corrected chi connectivity index (χ0v) is 10.9. The Morgan fingerprint density at radius 1 is 1.47 bits per heavy atom. The lowest BCUT2D eigenvalue weighted by Crippen LogP contribution is -2.11. The number of carbonyl (C=O) groups is 1. The number of hydrogen-bond acceptors (Lipinski definition) is 3. The van der Waals surface area contributed by atoms with E-state index < -0.39 is 17.3 Å². The topological polar surface area (TPSA) is 59.2 Å². The molecule has 0 aliphatic rings. The highest BCUT2D eigenvalue weighted by Crippen LogP contribution is 2.14. The number of hydrogen-bond donors (Lipinski definition) is 1. The molecule has 0 aliphatic heterocycles. The van der Waals surface area contributed by atoms with Gasteiger partial charge >= 0.3 is 5.97 Å². The van der Waals surface area contributed by atoms with Crippen LogP contribution in [0.25, 0.3) is 10.9 Å². The smallest absolute Gasteiger partial charge is 0.337 e. The Labute approximate surface area is 109 Å². The third-order valence-corrected chi connectivity index (χ3v) is 3.29. The summed E-state index contributed by atoms with van der Waals surface area (Å²) in [6, 6.07) is 4.33. The first-order valence-electron chi connectivity index (χ1n) is 4.64. The van der Waals surface area contributed by atoms with Crippen LogP contribution in [-0.2, 0) is 4.74 Å². The van der Waals surface area contributed by atoms with E-state index in [1.165, 1.54) is 25.3 Å². The number of benzene rings is 1. The van der Waals surface area contributed by atoms with Gasteiger partial charge in [0.2, 0.25) is 11.4 Å². The number of aromatic amines is 1. The van der Waals surface area contributed by atoms with Crippen molar-refractivity contribution in [3.8, 4) is 0 Å². The van der Waals surface area contributed by atoms with Gasteiger partial charge in [-0.3, -0.25) is 4.79 Å². The van der Waals surface area contributed by atoms with Gasteiger partial charge in [-0.05, 0) is 40.8 Å². The van der Waals surface area contributed by atoms with E-state index in [0.29, 0.717) is 5.52 Å². The Morgan fingerprint density at radius 2 is 2.18 bits per heavy atom. The van der Waals surface area contributed by atoms with Crippen molar-refractivity contribution in [3.05, 3.63) is 43.5 Å². The monoisotopic (exact) mass is 347 g/mol. The number of halogens is 2. The normalized spacial score (nSPS) is 10.5. The van der Waals surface area contributed by atoms with Crippen LogP contribution in [0.5, 0.6) is 0 Å². The minimum Gasteiger partial charge on any atom is -0.465 e. The minimum atomic E-state index is -0.672. The Balaban J connectivity index is 2.78. The number of esters is 1. The van der Waals surface area contributed by atoms with Crippen molar-refractivity contribution in [2.75, 3.05) is 7.11 Å². The largest absolute Gasteiger partial charge is 0.465 e. The molecule has 1 aromatic heterocycles. The van der Waals surface area contributed by atoms with Gasteiger partial charge in [0, 0.05) is 5.39 Å². The highest BCUT2D eigenvalue weighted by atomic mass is 127. The van der Waals surface area contributed by atoms with E-state index in [1.54, 1.807) is 22.6 Å². The summed E-state index contributed by atoms with van der Waals surface area (Å²) in [6.45, 7) is 0. The molecule has 2 rings (SSSR count). The molecule has 17 heavy (non-hydrogen) atoms. The van der Waals surface area contributed by atoms with Gasteiger partial charge in [0.15, 0.2) is 0 Å². The molecule has 6 heteroatoms. The highest BCUT2D eigenvalue weighted by Gasteiger charge is 2.12. The molecule has 0 unspecified atom stereocenters. The van der Waals surface area contributed by atoms with Crippen molar-refractivity contribution in [1.29, 1.82) is 0 Å². The standard InChI is InChI=1S/C11H7FINO3/c1-17-11(16)5-2-3-7-6(4-5)9(15)8(13)10(12)14-7/h2-4H,1H3,(H,14,15). The van der Waals surface area contributed by atoms with E-state index in [-0.39, 0.29) is 14.5 Å². The predicted octanol–water partition coefficient (Wildman–Crippen LogP) is 2.06. The van der Waals surface area contributed by atoms with Crippen LogP contribution in [0.3, 0.4) is 0 Å². The van der Waals surface area contributed by atoms with E-state index in [2.05, 4.69) is 9.72 Å². The Kier molecular flexibility index (Phi) is 3.14. The van der Waals surface area contributed by atoms with Crippen LogP contribution >= 0.6 is 22.6 Å².